The van der Waals surface area contributed by atoms with Gasteiger partial charge in [-0.25, -0.2) is 0 Å². The third-order valence-electron chi connectivity index (χ3n) is 2.78. The number of para-hydroxylation sites is 1. The van der Waals surface area contributed by atoms with E-state index in [1.54, 1.807) is 6.07 Å². The molecule has 0 unspecified atom stereocenters. The quantitative estimate of drug-likeness (QED) is 0.874. The van der Waals surface area contributed by atoms with Gasteiger partial charge in [0.2, 0.25) is 0 Å². The highest BCUT2D eigenvalue weighted by molar-refractivity contribution is 6.32. The SMILES string of the molecule is CNCc1cccc(Cl)c1Oc1cc(Cl)ccc1C. The minimum absolute atomic E-state index is 0.590. The van der Waals surface area contributed by atoms with E-state index in [9.17, 15) is 0 Å². The fourth-order valence-corrected chi connectivity index (χ4v) is 2.19. The van der Waals surface area contributed by atoms with E-state index in [2.05, 4.69) is 5.32 Å². The highest BCUT2D eigenvalue weighted by Gasteiger charge is 2.11. The van der Waals surface area contributed by atoms with Gasteiger partial charge in [-0.3, -0.25) is 0 Å². The summed E-state index contributed by atoms with van der Waals surface area (Å²) < 4.78 is 5.95. The van der Waals surface area contributed by atoms with E-state index < -0.39 is 0 Å². The van der Waals surface area contributed by atoms with Crippen molar-refractivity contribution in [3.05, 3.63) is 57.6 Å². The normalized spacial score (nSPS) is 10.5. The minimum atomic E-state index is 0.590. The van der Waals surface area contributed by atoms with E-state index in [0.29, 0.717) is 22.3 Å². The summed E-state index contributed by atoms with van der Waals surface area (Å²) in [6.45, 7) is 2.66. The van der Waals surface area contributed by atoms with E-state index in [1.807, 2.05) is 44.3 Å². The molecule has 4 heteroatoms. The van der Waals surface area contributed by atoms with Crippen LogP contribution in [0.5, 0.6) is 11.5 Å². The van der Waals surface area contributed by atoms with Gasteiger partial charge in [-0.15, -0.1) is 0 Å². The van der Waals surface area contributed by atoms with Crippen LogP contribution in [0, 0.1) is 6.92 Å². The summed E-state index contributed by atoms with van der Waals surface area (Å²) in [5.74, 6) is 1.39. The average Bonchev–Trinajstić information content (AvgIpc) is 2.38. The second-order valence-electron chi connectivity index (χ2n) is 4.27. The average molecular weight is 296 g/mol. The lowest BCUT2D eigenvalue weighted by Gasteiger charge is -2.14. The Morgan fingerprint density at radius 1 is 1.16 bits per heavy atom. The molecule has 0 aromatic heterocycles. The van der Waals surface area contributed by atoms with Crippen molar-refractivity contribution in [1.29, 1.82) is 0 Å². The first kappa shape index (κ1) is 14.2. The van der Waals surface area contributed by atoms with E-state index in [-0.39, 0.29) is 0 Å². The van der Waals surface area contributed by atoms with Crippen LogP contribution < -0.4 is 10.1 Å². The lowest BCUT2D eigenvalue weighted by Crippen LogP contribution is -2.06. The van der Waals surface area contributed by atoms with Crippen molar-refractivity contribution in [2.24, 2.45) is 0 Å². The van der Waals surface area contributed by atoms with Crippen molar-refractivity contribution >= 4 is 23.2 Å². The second-order valence-corrected chi connectivity index (χ2v) is 5.11. The van der Waals surface area contributed by atoms with Crippen molar-refractivity contribution in [1.82, 2.24) is 5.32 Å². The number of benzene rings is 2. The van der Waals surface area contributed by atoms with E-state index in [4.69, 9.17) is 27.9 Å². The van der Waals surface area contributed by atoms with Gasteiger partial charge in [-0.05, 0) is 37.7 Å². The van der Waals surface area contributed by atoms with Crippen LogP contribution in [0.3, 0.4) is 0 Å². The van der Waals surface area contributed by atoms with Gasteiger partial charge in [0.15, 0.2) is 5.75 Å². The summed E-state index contributed by atoms with van der Waals surface area (Å²) in [6.07, 6.45) is 0. The first-order valence-corrected chi connectivity index (χ1v) is 6.73. The molecule has 100 valence electrons. The molecule has 0 aliphatic carbocycles. The molecular formula is C15H15Cl2NO. The molecule has 0 fully saturated rings. The van der Waals surface area contributed by atoms with Gasteiger partial charge in [0, 0.05) is 17.1 Å². The van der Waals surface area contributed by atoms with Crippen LogP contribution in [0.1, 0.15) is 11.1 Å². The maximum atomic E-state index is 6.22. The summed E-state index contributed by atoms with van der Waals surface area (Å²) in [7, 11) is 1.88. The summed E-state index contributed by atoms with van der Waals surface area (Å²) in [5.41, 5.74) is 2.02. The number of nitrogens with one attached hydrogen (secondary N) is 1. The molecule has 2 aromatic rings. The Morgan fingerprint density at radius 2 is 1.95 bits per heavy atom. The molecule has 19 heavy (non-hydrogen) atoms. The maximum Gasteiger partial charge on any atom is 0.150 e. The zero-order valence-corrected chi connectivity index (χ0v) is 12.3. The van der Waals surface area contributed by atoms with Gasteiger partial charge in [-0.1, -0.05) is 41.4 Å². The monoisotopic (exact) mass is 295 g/mol. The Labute approximate surface area is 123 Å². The summed E-state index contributed by atoms with van der Waals surface area (Å²) in [5, 5.41) is 4.33. The maximum absolute atomic E-state index is 6.22. The molecule has 0 saturated heterocycles. The number of rotatable bonds is 4. The Kier molecular flexibility index (Phi) is 4.70. The van der Waals surface area contributed by atoms with Gasteiger partial charge in [0.05, 0.1) is 5.02 Å². The largest absolute Gasteiger partial charge is 0.455 e. The molecule has 0 spiro atoms. The molecule has 2 aromatic carbocycles. The Hall–Kier alpha value is -1.22. The van der Waals surface area contributed by atoms with Crippen LogP contribution in [0.2, 0.25) is 10.0 Å². The standard InChI is InChI=1S/C15H15Cl2NO/c1-10-6-7-12(16)8-14(10)19-15-11(9-18-2)4-3-5-13(15)17/h3-8,18H,9H2,1-2H3. The molecule has 0 saturated carbocycles. The number of aryl methyl sites for hydroxylation is 1. The summed E-state index contributed by atoms with van der Waals surface area (Å²) in [6, 6.07) is 11.3. The molecule has 0 radical (unpaired) electrons. The number of hydrogen-bond acceptors (Lipinski definition) is 2. The molecule has 0 aliphatic rings. The fraction of sp³-hybridized carbons (Fsp3) is 0.200. The van der Waals surface area contributed by atoms with Crippen LogP contribution in [0.25, 0.3) is 0 Å². The third-order valence-corrected chi connectivity index (χ3v) is 3.31. The van der Waals surface area contributed by atoms with Crippen LogP contribution in [0.15, 0.2) is 36.4 Å². The van der Waals surface area contributed by atoms with Crippen molar-refractivity contribution in [2.45, 2.75) is 13.5 Å². The van der Waals surface area contributed by atoms with Crippen LogP contribution in [-0.2, 0) is 6.54 Å². The van der Waals surface area contributed by atoms with Gasteiger partial charge < -0.3 is 10.1 Å². The predicted molar refractivity (Wildman–Crippen MR) is 80.5 cm³/mol. The topological polar surface area (TPSA) is 21.3 Å². The van der Waals surface area contributed by atoms with Crippen molar-refractivity contribution < 1.29 is 4.74 Å². The molecule has 1 N–H and O–H groups in total. The van der Waals surface area contributed by atoms with Crippen LogP contribution >= 0.6 is 23.2 Å². The number of hydrogen-bond donors (Lipinski definition) is 1. The van der Waals surface area contributed by atoms with Crippen LogP contribution in [0.4, 0.5) is 0 Å². The highest BCUT2D eigenvalue weighted by atomic mass is 35.5. The van der Waals surface area contributed by atoms with E-state index in [0.717, 1.165) is 16.9 Å². The van der Waals surface area contributed by atoms with Crippen molar-refractivity contribution in [3.8, 4) is 11.5 Å². The van der Waals surface area contributed by atoms with Gasteiger partial charge in [-0.2, -0.15) is 0 Å². The summed E-state index contributed by atoms with van der Waals surface area (Å²) in [4.78, 5) is 0. The highest BCUT2D eigenvalue weighted by Crippen LogP contribution is 2.35. The zero-order valence-electron chi connectivity index (χ0n) is 10.8. The Balaban J connectivity index is 2.39. The molecule has 2 rings (SSSR count). The first-order chi connectivity index (χ1) is 9.11. The second kappa shape index (κ2) is 6.29. The van der Waals surface area contributed by atoms with Gasteiger partial charge in [0.1, 0.15) is 5.75 Å². The Morgan fingerprint density at radius 3 is 2.68 bits per heavy atom. The zero-order chi connectivity index (χ0) is 13.8. The first-order valence-electron chi connectivity index (χ1n) is 5.98. The van der Waals surface area contributed by atoms with Gasteiger partial charge >= 0.3 is 0 Å². The molecule has 0 atom stereocenters. The Bertz CT molecular complexity index is 584. The van der Waals surface area contributed by atoms with E-state index >= 15 is 0 Å². The smallest absolute Gasteiger partial charge is 0.150 e. The minimum Gasteiger partial charge on any atom is -0.455 e. The lowest BCUT2D eigenvalue weighted by atomic mass is 10.2. The van der Waals surface area contributed by atoms with Crippen molar-refractivity contribution in [2.75, 3.05) is 7.05 Å². The van der Waals surface area contributed by atoms with E-state index in [1.165, 1.54) is 0 Å². The fourth-order valence-electron chi connectivity index (χ4n) is 1.79. The summed E-state index contributed by atoms with van der Waals surface area (Å²) >= 11 is 12.2. The number of halogens is 2. The van der Waals surface area contributed by atoms with Crippen molar-refractivity contribution in [3.63, 3.8) is 0 Å². The van der Waals surface area contributed by atoms with Crippen LogP contribution in [-0.4, -0.2) is 7.05 Å². The molecule has 0 amide bonds. The molecule has 0 bridgehead atoms. The lowest BCUT2D eigenvalue weighted by molar-refractivity contribution is 0.471. The molecule has 0 aliphatic heterocycles. The molecule has 0 heterocycles. The number of ether oxygens (including phenoxy) is 1. The molecular weight excluding hydrogens is 281 g/mol. The third kappa shape index (κ3) is 3.41. The van der Waals surface area contributed by atoms with Gasteiger partial charge in [0.25, 0.3) is 0 Å². The molecule has 2 nitrogen and oxygen atoms in total. The predicted octanol–water partition coefficient (Wildman–Crippen LogP) is 4.81.